The molecule has 0 aromatic heterocycles. The molecule has 0 saturated carbocycles. The summed E-state index contributed by atoms with van der Waals surface area (Å²) in [7, 11) is 0. The summed E-state index contributed by atoms with van der Waals surface area (Å²) in [6.07, 6.45) is 9.91. The van der Waals surface area contributed by atoms with Crippen molar-refractivity contribution in [1.29, 1.82) is 0 Å². The van der Waals surface area contributed by atoms with Gasteiger partial charge in [-0.25, -0.2) is 0 Å². The van der Waals surface area contributed by atoms with Gasteiger partial charge < -0.3 is 9.47 Å². The Morgan fingerprint density at radius 1 is 0.556 bits per heavy atom. The summed E-state index contributed by atoms with van der Waals surface area (Å²) < 4.78 is 14.8. The Balaban J connectivity index is 2.03. The van der Waals surface area contributed by atoms with E-state index in [0.29, 0.717) is 11.8 Å². The maximum absolute atomic E-state index is 6.36. The molecule has 2 aromatic rings. The van der Waals surface area contributed by atoms with Crippen LogP contribution >= 0.6 is 31.9 Å². The lowest BCUT2D eigenvalue weighted by molar-refractivity contribution is 0.273. The van der Waals surface area contributed by atoms with Crippen LogP contribution in [0, 0.1) is 23.7 Å². The summed E-state index contributed by atoms with van der Waals surface area (Å²) in [4.78, 5) is 0. The number of hydrogen-bond acceptors (Lipinski definition) is 2. The lowest BCUT2D eigenvalue weighted by atomic mass is 9.97. The topological polar surface area (TPSA) is 18.5 Å². The van der Waals surface area contributed by atoms with Gasteiger partial charge in [-0.15, -0.1) is 0 Å². The number of ether oxygens (including phenoxy) is 2. The smallest absolute Gasteiger partial charge is 0.128 e. The first kappa shape index (κ1) is 31.2. The Labute approximate surface area is 238 Å². The third-order valence-corrected chi connectivity index (χ3v) is 7.86. The minimum atomic E-state index is 0.674. The van der Waals surface area contributed by atoms with Crippen molar-refractivity contribution in [2.24, 2.45) is 23.7 Å². The minimum Gasteiger partial charge on any atom is -0.493 e. The lowest BCUT2D eigenvalue weighted by Gasteiger charge is -2.18. The first-order valence-corrected chi connectivity index (χ1v) is 15.6. The summed E-state index contributed by atoms with van der Waals surface area (Å²) >= 11 is 7.27. The maximum atomic E-state index is 6.36. The molecule has 0 amide bonds. The van der Waals surface area contributed by atoms with Gasteiger partial charge in [-0.3, -0.25) is 0 Å². The summed E-state index contributed by atoms with van der Waals surface area (Å²) in [5.41, 5.74) is 2.16. The van der Waals surface area contributed by atoms with Gasteiger partial charge in [-0.1, -0.05) is 112 Å². The van der Waals surface area contributed by atoms with Crippen molar-refractivity contribution >= 4 is 31.9 Å². The molecule has 2 nitrogen and oxygen atoms in total. The number of hydrogen-bond donors (Lipinski definition) is 0. The monoisotopic (exact) mass is 622 g/mol. The van der Waals surface area contributed by atoms with E-state index in [-0.39, 0.29) is 0 Å². The van der Waals surface area contributed by atoms with Crippen LogP contribution in [-0.2, 0) is 0 Å². The van der Waals surface area contributed by atoms with Gasteiger partial charge in [0.1, 0.15) is 11.5 Å². The number of benzene rings is 2. The highest BCUT2D eigenvalue weighted by Gasteiger charge is 2.15. The second kappa shape index (κ2) is 16.8. The number of halogens is 2. The highest BCUT2D eigenvalue weighted by Crippen LogP contribution is 2.39. The molecule has 0 N–H and O–H groups in total. The van der Waals surface area contributed by atoms with Crippen LogP contribution < -0.4 is 9.47 Å². The average molecular weight is 625 g/mol. The Kier molecular flexibility index (Phi) is 14.5. The Hall–Kier alpha value is -1.00. The van der Waals surface area contributed by atoms with Crippen molar-refractivity contribution < 1.29 is 9.47 Å². The van der Waals surface area contributed by atoms with E-state index in [2.05, 4.69) is 110 Å². The van der Waals surface area contributed by atoms with Gasteiger partial charge in [-0.2, -0.15) is 0 Å². The van der Waals surface area contributed by atoms with Gasteiger partial charge in [0.05, 0.1) is 13.2 Å². The van der Waals surface area contributed by atoms with Crippen molar-refractivity contribution in [3.05, 3.63) is 45.3 Å². The lowest BCUT2D eigenvalue weighted by Crippen LogP contribution is -2.07. The zero-order chi connectivity index (χ0) is 26.5. The fourth-order valence-electron chi connectivity index (χ4n) is 4.45. The highest BCUT2D eigenvalue weighted by atomic mass is 79.9. The zero-order valence-electron chi connectivity index (χ0n) is 23.4. The molecule has 2 rings (SSSR count). The normalized spacial score (nSPS) is 13.3. The molecule has 0 aliphatic carbocycles. The summed E-state index contributed by atoms with van der Waals surface area (Å²) in [6, 6.07) is 12.6. The van der Waals surface area contributed by atoms with Crippen LogP contribution in [0.15, 0.2) is 45.3 Å². The van der Waals surface area contributed by atoms with E-state index >= 15 is 0 Å². The Bertz CT molecular complexity index is 820. The molecule has 0 heterocycles. The molecule has 0 aliphatic heterocycles. The SMILES string of the molecule is CC(C)CCCC(C)CCOc1cc(Br)ccc1-c1ccc(Br)cc1OCCC(C)CCCC(C)C. The molecule has 0 fully saturated rings. The van der Waals surface area contributed by atoms with Crippen molar-refractivity contribution in [2.75, 3.05) is 13.2 Å². The van der Waals surface area contributed by atoms with Crippen LogP contribution in [-0.4, -0.2) is 13.2 Å². The third-order valence-electron chi connectivity index (χ3n) is 6.87. The Morgan fingerprint density at radius 3 is 1.31 bits per heavy atom. The van der Waals surface area contributed by atoms with Gasteiger partial charge in [0, 0.05) is 20.1 Å². The van der Waals surface area contributed by atoms with Crippen LogP contribution in [0.5, 0.6) is 11.5 Å². The van der Waals surface area contributed by atoms with Gasteiger partial charge in [0.25, 0.3) is 0 Å². The predicted octanol–water partition coefficient (Wildman–Crippen LogP) is 11.3. The van der Waals surface area contributed by atoms with E-state index in [0.717, 1.165) is 69.5 Å². The van der Waals surface area contributed by atoms with E-state index in [4.69, 9.17) is 9.47 Å². The van der Waals surface area contributed by atoms with Crippen LogP contribution in [0.3, 0.4) is 0 Å². The van der Waals surface area contributed by atoms with Crippen molar-refractivity contribution in [3.63, 3.8) is 0 Å². The molecule has 2 atom stereocenters. The predicted molar refractivity (Wildman–Crippen MR) is 163 cm³/mol. The van der Waals surface area contributed by atoms with Gasteiger partial charge in [0.15, 0.2) is 0 Å². The largest absolute Gasteiger partial charge is 0.493 e. The fourth-order valence-corrected chi connectivity index (χ4v) is 5.13. The summed E-state index contributed by atoms with van der Waals surface area (Å²) in [5.74, 6) is 4.74. The van der Waals surface area contributed by atoms with E-state index in [1.807, 2.05) is 0 Å². The number of rotatable bonds is 17. The van der Waals surface area contributed by atoms with Crippen molar-refractivity contribution in [2.45, 2.75) is 92.9 Å². The molecule has 0 radical (unpaired) electrons. The van der Waals surface area contributed by atoms with Crippen LogP contribution in [0.1, 0.15) is 92.9 Å². The molecule has 0 bridgehead atoms. The quantitative estimate of drug-likeness (QED) is 0.174. The summed E-state index contributed by atoms with van der Waals surface area (Å²) in [6.45, 7) is 15.4. The van der Waals surface area contributed by atoms with E-state index in [1.54, 1.807) is 0 Å². The first-order valence-electron chi connectivity index (χ1n) is 14.0. The second-order valence-electron chi connectivity index (χ2n) is 11.4. The van der Waals surface area contributed by atoms with Crippen molar-refractivity contribution in [3.8, 4) is 22.6 Å². The van der Waals surface area contributed by atoms with E-state index < -0.39 is 0 Å². The molecule has 2 aromatic carbocycles. The molecule has 0 saturated heterocycles. The minimum absolute atomic E-state index is 0.674. The maximum Gasteiger partial charge on any atom is 0.128 e. The van der Waals surface area contributed by atoms with Gasteiger partial charge in [-0.05, 0) is 72.9 Å². The van der Waals surface area contributed by atoms with Crippen LogP contribution in [0.25, 0.3) is 11.1 Å². The van der Waals surface area contributed by atoms with Gasteiger partial charge in [0.2, 0.25) is 0 Å². The van der Waals surface area contributed by atoms with E-state index in [9.17, 15) is 0 Å². The Morgan fingerprint density at radius 2 is 0.944 bits per heavy atom. The van der Waals surface area contributed by atoms with Crippen molar-refractivity contribution in [1.82, 2.24) is 0 Å². The molecule has 2 unspecified atom stereocenters. The average Bonchev–Trinajstić information content (AvgIpc) is 2.79. The van der Waals surface area contributed by atoms with Gasteiger partial charge >= 0.3 is 0 Å². The molecule has 0 spiro atoms. The standard InChI is InChI=1S/C32H48Br2O2/c1-23(2)9-7-11-25(5)17-19-35-31-21-27(33)13-15-29(31)30-16-14-28(34)22-32(30)36-20-18-26(6)12-8-10-24(3)4/h13-16,21-26H,7-12,17-20H2,1-6H3. The highest BCUT2D eigenvalue weighted by molar-refractivity contribution is 9.10. The van der Waals surface area contributed by atoms with Crippen LogP contribution in [0.4, 0.5) is 0 Å². The van der Waals surface area contributed by atoms with E-state index in [1.165, 1.54) is 38.5 Å². The first-order chi connectivity index (χ1) is 17.2. The third kappa shape index (κ3) is 12.0. The molecule has 4 heteroatoms. The molecule has 0 aliphatic rings. The molecular weight excluding hydrogens is 576 g/mol. The molecule has 36 heavy (non-hydrogen) atoms. The molecule has 202 valence electrons. The summed E-state index contributed by atoms with van der Waals surface area (Å²) in [5, 5.41) is 0. The second-order valence-corrected chi connectivity index (χ2v) is 13.2. The van der Waals surface area contributed by atoms with Crippen LogP contribution in [0.2, 0.25) is 0 Å². The fraction of sp³-hybridized carbons (Fsp3) is 0.625. The zero-order valence-corrected chi connectivity index (χ0v) is 26.6. The molecular formula is C32H48Br2O2.